The molecular weight excluding hydrogens is 929 g/mol. The first kappa shape index (κ1) is 45.9. The summed E-state index contributed by atoms with van der Waals surface area (Å²) < 4.78 is 8.79. The van der Waals surface area contributed by atoms with Gasteiger partial charge in [-0.15, -0.1) is 0 Å². The lowest BCUT2D eigenvalue weighted by Gasteiger charge is -2.08. The smallest absolute Gasteiger partial charge is 0.173 e. The molecule has 0 fully saturated rings. The molecule has 76 heavy (non-hydrogen) atoms. The highest BCUT2D eigenvalue weighted by molar-refractivity contribution is 6.00. The molecule has 4 aromatic carbocycles. The Bertz CT molecular complexity index is 3910. The van der Waals surface area contributed by atoms with E-state index >= 15 is 0 Å². The first-order chi connectivity index (χ1) is 37.6. The number of nitrogens with zero attached hydrogens (tertiary/aromatic N) is 6. The van der Waals surface area contributed by atoms with Crippen LogP contribution in [0.2, 0.25) is 0 Å². The third kappa shape index (κ3) is 9.71. The van der Waals surface area contributed by atoms with Gasteiger partial charge in [0.15, 0.2) is 75.8 Å². The van der Waals surface area contributed by atoms with Crippen molar-refractivity contribution in [2.24, 2.45) is 0 Å². The van der Waals surface area contributed by atoms with E-state index in [-0.39, 0.29) is 0 Å². The summed E-state index contributed by atoms with van der Waals surface area (Å²) in [7, 11) is 0. The first-order valence-corrected chi connectivity index (χ1v) is 25.9. The SMILES string of the molecule is C1=Cc2nc1c(-c1ccc(C[n+]3ccccc3)cc1)c1nc(c(-c3ccc(C[n+]4ccccc4)cc3)c3ccc([nH]3)c(-c3ccc(C[n+]4ccccc4)cc3)c3ccc([nH]3)c2-c2ccc(C[n+]3ccccc3)cc2)C=C1. The van der Waals surface area contributed by atoms with Gasteiger partial charge in [-0.05, 0) is 70.8 Å². The molecule has 2 aliphatic rings. The van der Waals surface area contributed by atoms with Crippen molar-refractivity contribution in [1.82, 2.24) is 19.9 Å². The Morgan fingerprint density at radius 2 is 0.487 bits per heavy atom. The number of hydrogen-bond donors (Lipinski definition) is 2. The van der Waals surface area contributed by atoms with Crippen LogP contribution in [0.3, 0.4) is 0 Å². The number of aromatic amines is 2. The Morgan fingerprint density at radius 1 is 0.250 bits per heavy atom. The molecule has 0 saturated carbocycles. The molecule has 7 aromatic heterocycles. The van der Waals surface area contributed by atoms with Gasteiger partial charge in [0.2, 0.25) is 0 Å². The van der Waals surface area contributed by atoms with Crippen molar-refractivity contribution in [3.8, 4) is 44.5 Å². The minimum atomic E-state index is 0.768. The van der Waals surface area contributed by atoms with Gasteiger partial charge in [0.05, 0.1) is 22.8 Å². The zero-order valence-electron chi connectivity index (χ0n) is 41.9. The van der Waals surface area contributed by atoms with Crippen molar-refractivity contribution in [3.63, 3.8) is 0 Å². The molecule has 11 aromatic rings. The zero-order valence-corrected chi connectivity index (χ0v) is 41.9. The van der Waals surface area contributed by atoms with Gasteiger partial charge in [0.25, 0.3) is 0 Å². The topological polar surface area (TPSA) is 72.9 Å². The highest BCUT2D eigenvalue weighted by Crippen LogP contribution is 2.39. The Labute approximate surface area is 441 Å². The molecule has 0 radical (unpaired) electrons. The van der Waals surface area contributed by atoms with E-state index in [1.165, 1.54) is 22.3 Å². The molecule has 13 rings (SSSR count). The van der Waals surface area contributed by atoms with Crippen LogP contribution in [0.5, 0.6) is 0 Å². The van der Waals surface area contributed by atoms with E-state index in [0.717, 1.165) is 116 Å². The standard InChI is InChI=1S/C68H54N8/c1-5-37-73(38-6-1)45-49-13-21-53(22-14-49)65-57-29-31-59(69-57)66(54-23-15-50(16-24-54)46-74-39-7-2-8-40-74)61-33-35-63(71-61)68(56-27-19-52(20-28-56)48-76-43-11-4-12-44-76)64-36-34-62(72-64)67(60-32-30-58(65)70-60)55-25-17-51(18-26-55)47-75-41-9-3-10-42-75/h1-44,69-70H,45-48H2/q+4. The van der Waals surface area contributed by atoms with Crippen LogP contribution in [0.25, 0.3) is 90.9 Å². The summed E-state index contributed by atoms with van der Waals surface area (Å²) in [5.41, 5.74) is 20.5. The normalized spacial score (nSPS) is 11.8. The van der Waals surface area contributed by atoms with Gasteiger partial charge in [-0.3, -0.25) is 0 Å². The summed E-state index contributed by atoms with van der Waals surface area (Å²) in [6.45, 7) is 3.09. The van der Waals surface area contributed by atoms with Gasteiger partial charge < -0.3 is 9.97 Å². The molecule has 0 spiro atoms. The van der Waals surface area contributed by atoms with E-state index in [2.05, 4.69) is 278 Å². The Balaban J connectivity index is 1.04. The summed E-state index contributed by atoms with van der Waals surface area (Å²) in [4.78, 5) is 19.1. The number of H-pyrrole nitrogens is 2. The second-order valence-electron chi connectivity index (χ2n) is 19.5. The minimum Gasteiger partial charge on any atom is -0.354 e. The molecule has 0 saturated heterocycles. The molecule has 2 aliphatic heterocycles. The maximum Gasteiger partial charge on any atom is 0.173 e. The summed E-state index contributed by atoms with van der Waals surface area (Å²) in [6, 6.07) is 69.3. The summed E-state index contributed by atoms with van der Waals surface area (Å²) in [5, 5.41) is 0. The maximum absolute atomic E-state index is 5.59. The van der Waals surface area contributed by atoms with Gasteiger partial charge in [0.1, 0.15) is 0 Å². The van der Waals surface area contributed by atoms with Crippen molar-refractivity contribution in [3.05, 3.63) is 289 Å². The fraction of sp³-hybridized carbons (Fsp3) is 0.0588. The first-order valence-electron chi connectivity index (χ1n) is 25.9. The van der Waals surface area contributed by atoms with E-state index in [4.69, 9.17) is 9.97 Å². The van der Waals surface area contributed by atoms with Crippen molar-refractivity contribution in [1.29, 1.82) is 0 Å². The summed E-state index contributed by atoms with van der Waals surface area (Å²) >= 11 is 0. The third-order valence-electron chi connectivity index (χ3n) is 14.3. The van der Waals surface area contributed by atoms with Crippen LogP contribution >= 0.6 is 0 Å². The monoisotopic (exact) mass is 982 g/mol. The number of pyridine rings is 4. The molecule has 362 valence electrons. The number of nitrogens with one attached hydrogen (secondary N) is 2. The number of rotatable bonds is 12. The average molecular weight is 983 g/mol. The van der Waals surface area contributed by atoms with Crippen molar-refractivity contribution >= 4 is 46.4 Å². The van der Waals surface area contributed by atoms with Gasteiger partial charge in [-0.1, -0.05) is 121 Å². The lowest BCUT2D eigenvalue weighted by atomic mass is 10.0. The number of aromatic nitrogens is 8. The zero-order chi connectivity index (χ0) is 50.6. The lowest BCUT2D eigenvalue weighted by molar-refractivity contribution is -0.688. The largest absolute Gasteiger partial charge is 0.354 e. The van der Waals surface area contributed by atoms with Gasteiger partial charge >= 0.3 is 0 Å². The fourth-order valence-corrected chi connectivity index (χ4v) is 10.5. The van der Waals surface area contributed by atoms with Crippen molar-refractivity contribution in [2.75, 3.05) is 0 Å². The predicted octanol–water partition coefficient (Wildman–Crippen LogP) is 12.7. The summed E-state index contributed by atoms with van der Waals surface area (Å²) in [5.74, 6) is 0. The second kappa shape index (κ2) is 20.5. The number of benzene rings is 4. The van der Waals surface area contributed by atoms with Crippen LogP contribution in [0, 0.1) is 0 Å². The Hall–Kier alpha value is -9.92. The van der Waals surface area contributed by atoms with Crippen molar-refractivity contribution < 1.29 is 18.3 Å². The molecule has 9 heterocycles. The molecule has 2 N–H and O–H groups in total. The van der Waals surface area contributed by atoms with Crippen LogP contribution in [-0.2, 0) is 26.2 Å². The molecule has 0 amide bonds. The highest BCUT2D eigenvalue weighted by Gasteiger charge is 2.21. The van der Waals surface area contributed by atoms with Crippen LogP contribution in [0.15, 0.2) is 244 Å². The highest BCUT2D eigenvalue weighted by atomic mass is 14.9. The quantitative estimate of drug-likeness (QED) is 0.120. The molecular formula is C68H54N8+4. The van der Waals surface area contributed by atoms with Crippen LogP contribution in [-0.4, -0.2) is 19.9 Å². The maximum atomic E-state index is 5.59. The van der Waals surface area contributed by atoms with E-state index < -0.39 is 0 Å². The summed E-state index contributed by atoms with van der Waals surface area (Å²) in [6.07, 6.45) is 25.5. The Kier molecular flexibility index (Phi) is 12.4. The molecule has 0 aliphatic carbocycles. The molecule has 8 bridgehead atoms. The van der Waals surface area contributed by atoms with Gasteiger partial charge in [-0.2, -0.15) is 0 Å². The second-order valence-corrected chi connectivity index (χ2v) is 19.5. The lowest BCUT2D eigenvalue weighted by Crippen LogP contribution is -2.32. The number of hydrogen-bond acceptors (Lipinski definition) is 2. The third-order valence-corrected chi connectivity index (χ3v) is 14.3. The molecule has 8 heteroatoms. The van der Waals surface area contributed by atoms with E-state index in [9.17, 15) is 0 Å². The van der Waals surface area contributed by atoms with E-state index in [0.29, 0.717) is 0 Å². The van der Waals surface area contributed by atoms with Gasteiger partial charge in [0, 0.05) is 115 Å². The van der Waals surface area contributed by atoms with Crippen LogP contribution < -0.4 is 18.3 Å². The molecule has 0 atom stereocenters. The molecule has 8 nitrogen and oxygen atoms in total. The van der Waals surface area contributed by atoms with Crippen LogP contribution in [0.4, 0.5) is 0 Å². The average Bonchev–Trinajstić information content (AvgIpc) is 4.34. The van der Waals surface area contributed by atoms with Crippen molar-refractivity contribution in [2.45, 2.75) is 26.2 Å². The van der Waals surface area contributed by atoms with Gasteiger partial charge in [-0.25, -0.2) is 28.2 Å². The van der Waals surface area contributed by atoms with E-state index in [1.54, 1.807) is 0 Å². The Morgan fingerprint density at radius 3 is 0.776 bits per heavy atom. The minimum absolute atomic E-state index is 0.768. The number of fused-ring (bicyclic) bond motifs is 8. The predicted molar refractivity (Wildman–Crippen MR) is 304 cm³/mol. The molecule has 0 unspecified atom stereocenters. The fourth-order valence-electron chi connectivity index (χ4n) is 10.5. The van der Waals surface area contributed by atoms with E-state index in [1.807, 2.05) is 18.2 Å². The van der Waals surface area contributed by atoms with Crippen LogP contribution in [0.1, 0.15) is 45.0 Å².